The highest BCUT2D eigenvalue weighted by atomic mass is 32.2. The lowest BCUT2D eigenvalue weighted by Crippen LogP contribution is -2.23. The van der Waals surface area contributed by atoms with Crippen molar-refractivity contribution in [2.75, 3.05) is 4.90 Å². The van der Waals surface area contributed by atoms with Crippen LogP contribution in [-0.4, -0.2) is 20.9 Å². The van der Waals surface area contributed by atoms with E-state index in [0.29, 0.717) is 10.9 Å². The van der Waals surface area contributed by atoms with Gasteiger partial charge in [-0.3, -0.25) is 9.69 Å². The second kappa shape index (κ2) is 9.06. The van der Waals surface area contributed by atoms with Crippen molar-refractivity contribution < 1.29 is 4.79 Å². The van der Waals surface area contributed by atoms with Crippen LogP contribution in [-0.2, 0) is 17.0 Å². The molecule has 0 saturated carbocycles. The Morgan fingerprint density at radius 1 is 1.13 bits per heavy atom. The van der Waals surface area contributed by atoms with E-state index < -0.39 is 0 Å². The zero-order valence-electron chi connectivity index (χ0n) is 18.2. The van der Waals surface area contributed by atoms with E-state index >= 15 is 0 Å². The Bertz CT molecular complexity index is 1260. The molecule has 160 valence electrons. The second-order valence-corrected chi connectivity index (χ2v) is 10.3. The molecule has 0 radical (unpaired) electrons. The van der Waals surface area contributed by atoms with Crippen LogP contribution in [0.25, 0.3) is 10.2 Å². The topological polar surface area (TPSA) is 59.0 Å². The molecule has 0 fully saturated rings. The number of thiazole rings is 1. The summed E-state index contributed by atoms with van der Waals surface area (Å²) in [5, 5.41) is 4.88. The third-order valence-electron chi connectivity index (χ3n) is 5.12. The SMILES string of the molecule is CCc1ccccc1N(C(C)=O)c1nc(CSc2nc(C)nc3sc(C)c(C)c23)cs1. The number of thiophene rings is 1. The lowest BCUT2D eigenvalue weighted by molar-refractivity contribution is -0.115. The summed E-state index contributed by atoms with van der Waals surface area (Å²) in [6, 6.07) is 8.01. The summed E-state index contributed by atoms with van der Waals surface area (Å²) >= 11 is 4.90. The third kappa shape index (κ3) is 4.37. The smallest absolute Gasteiger partial charge is 0.230 e. The van der Waals surface area contributed by atoms with Crippen LogP contribution >= 0.6 is 34.4 Å². The van der Waals surface area contributed by atoms with E-state index in [4.69, 9.17) is 9.97 Å². The van der Waals surface area contributed by atoms with Crippen LogP contribution in [0.3, 0.4) is 0 Å². The minimum absolute atomic E-state index is 0.0352. The first-order valence-corrected chi connectivity index (χ1v) is 12.8. The van der Waals surface area contributed by atoms with Gasteiger partial charge >= 0.3 is 0 Å². The summed E-state index contributed by atoms with van der Waals surface area (Å²) in [6.07, 6.45) is 0.858. The fourth-order valence-corrected chi connectivity index (χ4v) is 6.61. The first-order chi connectivity index (χ1) is 14.9. The Hall–Kier alpha value is -2.29. The van der Waals surface area contributed by atoms with E-state index in [9.17, 15) is 4.79 Å². The summed E-state index contributed by atoms with van der Waals surface area (Å²) in [7, 11) is 0. The van der Waals surface area contributed by atoms with Crippen LogP contribution in [0.4, 0.5) is 10.8 Å². The van der Waals surface area contributed by atoms with E-state index in [1.807, 2.05) is 30.5 Å². The number of hydrogen-bond acceptors (Lipinski definition) is 7. The van der Waals surface area contributed by atoms with E-state index in [0.717, 1.165) is 44.4 Å². The predicted molar refractivity (Wildman–Crippen MR) is 132 cm³/mol. The molecule has 0 aliphatic carbocycles. The number of hydrogen-bond donors (Lipinski definition) is 0. The number of carbonyl (C=O) groups excluding carboxylic acids is 1. The molecule has 0 saturated heterocycles. The molecule has 0 bridgehead atoms. The van der Waals surface area contributed by atoms with Gasteiger partial charge in [-0.25, -0.2) is 15.0 Å². The summed E-state index contributed by atoms with van der Waals surface area (Å²) in [4.78, 5) is 30.6. The monoisotopic (exact) mass is 468 g/mol. The number of anilines is 2. The van der Waals surface area contributed by atoms with Gasteiger partial charge in [0.2, 0.25) is 5.91 Å². The van der Waals surface area contributed by atoms with E-state index in [-0.39, 0.29) is 5.91 Å². The summed E-state index contributed by atoms with van der Waals surface area (Å²) in [6.45, 7) is 9.88. The van der Waals surface area contributed by atoms with Crippen LogP contribution in [0.5, 0.6) is 0 Å². The van der Waals surface area contributed by atoms with E-state index in [1.165, 1.54) is 21.8 Å². The number of aryl methyl sites for hydroxylation is 4. The van der Waals surface area contributed by atoms with Crippen LogP contribution < -0.4 is 4.90 Å². The molecule has 0 spiro atoms. The molecule has 1 aromatic carbocycles. The van der Waals surface area contributed by atoms with Crippen molar-refractivity contribution in [2.24, 2.45) is 0 Å². The van der Waals surface area contributed by atoms with Gasteiger partial charge in [0.05, 0.1) is 11.4 Å². The first kappa shape index (κ1) is 21.9. The number of carbonyl (C=O) groups is 1. The maximum Gasteiger partial charge on any atom is 0.230 e. The molecule has 8 heteroatoms. The highest BCUT2D eigenvalue weighted by molar-refractivity contribution is 7.98. The summed E-state index contributed by atoms with van der Waals surface area (Å²) in [5.41, 5.74) is 4.23. The number of benzene rings is 1. The third-order valence-corrected chi connectivity index (χ3v) is 8.11. The molecule has 0 unspecified atom stereocenters. The predicted octanol–water partition coefficient (Wildman–Crippen LogP) is 6.61. The zero-order chi connectivity index (χ0) is 22.1. The number of aromatic nitrogens is 3. The van der Waals surface area contributed by atoms with Crippen molar-refractivity contribution >= 4 is 61.4 Å². The van der Waals surface area contributed by atoms with Gasteiger partial charge in [0.1, 0.15) is 15.7 Å². The van der Waals surface area contributed by atoms with Gasteiger partial charge in [0, 0.05) is 28.3 Å². The number of fused-ring (bicyclic) bond motifs is 1. The highest BCUT2D eigenvalue weighted by Crippen LogP contribution is 2.37. The molecule has 0 aliphatic heterocycles. The van der Waals surface area contributed by atoms with Gasteiger partial charge in [0.15, 0.2) is 5.13 Å². The quantitative estimate of drug-likeness (QED) is 0.235. The van der Waals surface area contributed by atoms with E-state index in [1.54, 1.807) is 34.9 Å². The number of amides is 1. The molecule has 0 aliphatic rings. The number of nitrogens with zero attached hydrogens (tertiary/aromatic N) is 4. The molecule has 3 aromatic heterocycles. The molecule has 4 rings (SSSR count). The molecule has 0 N–H and O–H groups in total. The largest absolute Gasteiger partial charge is 0.274 e. The van der Waals surface area contributed by atoms with Crippen LogP contribution in [0.2, 0.25) is 0 Å². The molecule has 4 aromatic rings. The van der Waals surface area contributed by atoms with Gasteiger partial charge in [-0.05, 0) is 44.4 Å². The Kier molecular flexibility index (Phi) is 6.41. The zero-order valence-corrected chi connectivity index (χ0v) is 20.7. The second-order valence-electron chi connectivity index (χ2n) is 7.29. The molecule has 1 amide bonds. The van der Waals surface area contributed by atoms with Gasteiger partial charge in [-0.2, -0.15) is 0 Å². The number of rotatable bonds is 6. The minimum Gasteiger partial charge on any atom is -0.274 e. The lowest BCUT2D eigenvalue weighted by atomic mass is 10.1. The van der Waals surface area contributed by atoms with Crippen molar-refractivity contribution in [3.63, 3.8) is 0 Å². The van der Waals surface area contributed by atoms with E-state index in [2.05, 4.69) is 31.8 Å². The van der Waals surface area contributed by atoms with Crippen molar-refractivity contribution in [1.29, 1.82) is 0 Å². The first-order valence-electron chi connectivity index (χ1n) is 10.1. The maximum atomic E-state index is 12.5. The Balaban J connectivity index is 1.61. The molecule has 5 nitrogen and oxygen atoms in total. The fourth-order valence-electron chi connectivity index (χ4n) is 3.46. The Labute approximate surface area is 194 Å². The average molecular weight is 469 g/mol. The van der Waals surface area contributed by atoms with Gasteiger partial charge < -0.3 is 0 Å². The standard InChI is InChI=1S/C23H24N4OS3/c1-6-17-9-7-8-10-19(17)27(16(5)28)23-26-18(12-30-23)11-29-21-20-13(2)14(3)31-22(20)25-15(4)24-21/h7-10,12H,6,11H2,1-5H3. The van der Waals surface area contributed by atoms with Crippen molar-refractivity contribution in [3.8, 4) is 0 Å². The van der Waals surface area contributed by atoms with Crippen LogP contribution in [0.1, 0.15) is 41.4 Å². The molecule has 0 atom stereocenters. The van der Waals surface area contributed by atoms with Crippen LogP contribution in [0, 0.1) is 20.8 Å². The molecule has 31 heavy (non-hydrogen) atoms. The Morgan fingerprint density at radius 3 is 2.65 bits per heavy atom. The van der Waals surface area contributed by atoms with Crippen molar-refractivity contribution in [1.82, 2.24) is 15.0 Å². The van der Waals surface area contributed by atoms with Gasteiger partial charge in [-0.15, -0.1) is 22.7 Å². The molecular formula is C23H24N4OS3. The van der Waals surface area contributed by atoms with Crippen LogP contribution in [0.15, 0.2) is 34.7 Å². The number of para-hydroxylation sites is 1. The van der Waals surface area contributed by atoms with Gasteiger partial charge in [0.25, 0.3) is 0 Å². The fraction of sp³-hybridized carbons (Fsp3) is 0.304. The lowest BCUT2D eigenvalue weighted by Gasteiger charge is -2.20. The van der Waals surface area contributed by atoms with Crippen molar-refractivity contribution in [3.05, 3.63) is 57.2 Å². The molecule has 3 heterocycles. The maximum absolute atomic E-state index is 12.5. The number of thioether (sulfide) groups is 1. The summed E-state index contributed by atoms with van der Waals surface area (Å²) in [5.74, 6) is 1.44. The summed E-state index contributed by atoms with van der Waals surface area (Å²) < 4.78 is 0. The Morgan fingerprint density at radius 2 is 1.90 bits per heavy atom. The minimum atomic E-state index is -0.0352. The average Bonchev–Trinajstić information content (AvgIpc) is 3.31. The highest BCUT2D eigenvalue weighted by Gasteiger charge is 2.21. The van der Waals surface area contributed by atoms with Crippen molar-refractivity contribution in [2.45, 2.75) is 51.8 Å². The normalized spacial score (nSPS) is 11.3. The molecular weight excluding hydrogens is 444 g/mol. The van der Waals surface area contributed by atoms with Gasteiger partial charge in [-0.1, -0.05) is 36.9 Å².